The molecule has 0 aromatic carbocycles. The number of ether oxygens (including phenoxy) is 1. The van der Waals surface area contributed by atoms with Gasteiger partial charge in [-0.1, -0.05) is 12.8 Å². The zero-order valence-corrected chi connectivity index (χ0v) is 16.4. The summed E-state index contributed by atoms with van der Waals surface area (Å²) in [7, 11) is -0.102. The van der Waals surface area contributed by atoms with Crippen LogP contribution in [0.15, 0.2) is 0 Å². The molecule has 0 aromatic rings. The quantitative estimate of drug-likeness (QED) is 0.784. The highest BCUT2D eigenvalue weighted by Crippen LogP contribution is 2.44. The Bertz CT molecular complexity index is 434. The van der Waals surface area contributed by atoms with E-state index in [1.54, 1.807) is 0 Å². The summed E-state index contributed by atoms with van der Waals surface area (Å²) in [5.41, 5.74) is -0.960. The molecular weight excluding hydrogens is 305 g/mol. The van der Waals surface area contributed by atoms with E-state index in [9.17, 15) is 4.79 Å². The van der Waals surface area contributed by atoms with Gasteiger partial charge in [0.2, 0.25) is 0 Å². The summed E-state index contributed by atoms with van der Waals surface area (Å²) in [6, 6.07) is 0. The Labute approximate surface area is 147 Å². The van der Waals surface area contributed by atoms with Crippen molar-refractivity contribution in [3.63, 3.8) is 0 Å². The van der Waals surface area contributed by atoms with Crippen molar-refractivity contribution in [3.8, 4) is 0 Å². The van der Waals surface area contributed by atoms with Crippen LogP contribution in [-0.2, 0) is 14.0 Å². The molecule has 138 valence electrons. The minimum Gasteiger partial charge on any atom is -0.444 e. The highest BCUT2D eigenvalue weighted by atomic mass is 16.7. The summed E-state index contributed by atoms with van der Waals surface area (Å²) in [5.74, 6) is 0.958. The predicted molar refractivity (Wildman–Crippen MR) is 96.0 cm³/mol. The van der Waals surface area contributed by atoms with Gasteiger partial charge in [-0.15, -0.1) is 0 Å². The highest BCUT2D eigenvalue weighted by molar-refractivity contribution is 6.47. The van der Waals surface area contributed by atoms with E-state index in [0.29, 0.717) is 18.3 Å². The van der Waals surface area contributed by atoms with Gasteiger partial charge in [0, 0.05) is 6.54 Å². The third-order valence-electron chi connectivity index (χ3n) is 5.48. The number of rotatable bonds is 3. The van der Waals surface area contributed by atoms with Gasteiger partial charge in [0.1, 0.15) is 5.60 Å². The molecule has 2 aliphatic rings. The van der Waals surface area contributed by atoms with Gasteiger partial charge in [-0.2, -0.15) is 0 Å². The molecule has 0 aromatic heterocycles. The standard InChI is InChI=1S/C18H34BNO4/c1-16(2,3)22-15(21)20-12-13-8-10-14(11-9-13)19-23-17(4,5)18(6,7)24-19/h13-14H,8-12H2,1-7H3,(H,20,21). The summed E-state index contributed by atoms with van der Waals surface area (Å²) in [6.07, 6.45) is 4.01. The second-order valence-electron chi connectivity index (χ2n) is 9.29. The fourth-order valence-corrected chi connectivity index (χ4v) is 3.29. The molecule has 2 fully saturated rings. The first kappa shape index (κ1) is 19.6. The molecule has 0 spiro atoms. The molecule has 2 rings (SSSR count). The molecule has 1 saturated carbocycles. The van der Waals surface area contributed by atoms with Gasteiger partial charge in [0.05, 0.1) is 11.2 Å². The van der Waals surface area contributed by atoms with Gasteiger partial charge in [-0.3, -0.25) is 0 Å². The van der Waals surface area contributed by atoms with Crippen LogP contribution in [0.2, 0.25) is 5.82 Å². The maximum Gasteiger partial charge on any atom is 0.461 e. The van der Waals surface area contributed by atoms with Crippen LogP contribution >= 0.6 is 0 Å². The average Bonchev–Trinajstić information content (AvgIpc) is 2.64. The lowest BCUT2D eigenvalue weighted by atomic mass is 9.62. The molecule has 1 amide bonds. The third kappa shape index (κ3) is 4.88. The van der Waals surface area contributed by atoms with Gasteiger partial charge in [0.15, 0.2) is 0 Å². The summed E-state index contributed by atoms with van der Waals surface area (Å²) in [5, 5.41) is 2.90. The molecule has 1 N–H and O–H groups in total. The predicted octanol–water partition coefficient (Wildman–Crippen LogP) is 4.16. The molecule has 6 heteroatoms. The number of hydrogen-bond acceptors (Lipinski definition) is 4. The molecule has 0 atom stereocenters. The van der Waals surface area contributed by atoms with E-state index in [1.807, 2.05) is 20.8 Å². The van der Waals surface area contributed by atoms with E-state index in [2.05, 4.69) is 33.0 Å². The monoisotopic (exact) mass is 339 g/mol. The average molecular weight is 339 g/mol. The van der Waals surface area contributed by atoms with Crippen molar-refractivity contribution in [2.45, 2.75) is 96.8 Å². The lowest BCUT2D eigenvalue weighted by molar-refractivity contribution is 0.00578. The summed E-state index contributed by atoms with van der Waals surface area (Å²) in [6.45, 7) is 14.7. The van der Waals surface area contributed by atoms with Crippen LogP contribution in [0.3, 0.4) is 0 Å². The Morgan fingerprint density at radius 1 is 1.08 bits per heavy atom. The van der Waals surface area contributed by atoms with Crippen molar-refractivity contribution in [2.24, 2.45) is 5.92 Å². The molecule has 1 aliphatic carbocycles. The number of alkyl carbamates (subject to hydrolysis) is 1. The molecular formula is C18H34BNO4. The number of carbonyl (C=O) groups is 1. The van der Waals surface area contributed by atoms with Gasteiger partial charge in [0.25, 0.3) is 0 Å². The second kappa shape index (κ2) is 6.87. The Balaban J connectivity index is 1.74. The van der Waals surface area contributed by atoms with Crippen LogP contribution in [0.5, 0.6) is 0 Å². The minimum atomic E-state index is -0.446. The first-order valence-corrected chi connectivity index (χ1v) is 9.22. The minimum absolute atomic E-state index is 0.102. The van der Waals surface area contributed by atoms with Gasteiger partial charge in [-0.05, 0) is 73.0 Å². The van der Waals surface area contributed by atoms with E-state index >= 15 is 0 Å². The topological polar surface area (TPSA) is 56.8 Å². The largest absolute Gasteiger partial charge is 0.461 e. The van der Waals surface area contributed by atoms with E-state index in [0.717, 1.165) is 25.7 Å². The molecule has 0 unspecified atom stereocenters. The van der Waals surface area contributed by atoms with Crippen molar-refractivity contribution < 1.29 is 18.8 Å². The number of carbonyl (C=O) groups excluding carboxylic acids is 1. The summed E-state index contributed by atoms with van der Waals surface area (Å²) >= 11 is 0. The maximum absolute atomic E-state index is 11.7. The van der Waals surface area contributed by atoms with Gasteiger partial charge >= 0.3 is 13.2 Å². The van der Waals surface area contributed by atoms with Crippen LogP contribution in [0.25, 0.3) is 0 Å². The lowest BCUT2D eigenvalue weighted by Crippen LogP contribution is -2.41. The maximum atomic E-state index is 11.7. The Morgan fingerprint density at radius 2 is 1.58 bits per heavy atom. The Morgan fingerprint density at radius 3 is 2.04 bits per heavy atom. The van der Waals surface area contributed by atoms with E-state index in [-0.39, 0.29) is 24.4 Å². The normalized spacial score (nSPS) is 29.4. The summed E-state index contributed by atoms with van der Waals surface area (Å²) in [4.78, 5) is 11.7. The fourth-order valence-electron chi connectivity index (χ4n) is 3.29. The molecule has 1 aliphatic heterocycles. The smallest absolute Gasteiger partial charge is 0.444 e. The zero-order valence-electron chi connectivity index (χ0n) is 16.4. The summed E-state index contributed by atoms with van der Waals surface area (Å²) < 4.78 is 17.6. The Kier molecular flexibility index (Phi) is 5.60. The van der Waals surface area contributed by atoms with E-state index in [4.69, 9.17) is 14.0 Å². The van der Waals surface area contributed by atoms with Crippen LogP contribution in [0, 0.1) is 5.92 Å². The van der Waals surface area contributed by atoms with Crippen molar-refractivity contribution in [1.29, 1.82) is 0 Å². The first-order valence-electron chi connectivity index (χ1n) is 9.22. The van der Waals surface area contributed by atoms with Gasteiger partial charge in [-0.25, -0.2) is 4.79 Å². The lowest BCUT2D eigenvalue weighted by Gasteiger charge is -2.32. The van der Waals surface area contributed by atoms with Crippen molar-refractivity contribution in [3.05, 3.63) is 0 Å². The highest BCUT2D eigenvalue weighted by Gasteiger charge is 2.53. The molecule has 0 radical (unpaired) electrons. The third-order valence-corrected chi connectivity index (χ3v) is 5.48. The number of amides is 1. The molecule has 24 heavy (non-hydrogen) atoms. The van der Waals surface area contributed by atoms with Crippen LogP contribution in [-0.4, -0.2) is 36.6 Å². The van der Waals surface area contributed by atoms with E-state index in [1.165, 1.54) is 0 Å². The molecule has 1 saturated heterocycles. The SMILES string of the molecule is CC(C)(C)OC(=O)NCC1CCC(B2OC(C)(C)C(C)(C)O2)CC1. The molecule has 0 bridgehead atoms. The van der Waals surface area contributed by atoms with Crippen LogP contribution in [0.4, 0.5) is 4.79 Å². The molecule has 5 nitrogen and oxygen atoms in total. The fraction of sp³-hybridized carbons (Fsp3) is 0.944. The van der Waals surface area contributed by atoms with Gasteiger partial charge < -0.3 is 19.4 Å². The van der Waals surface area contributed by atoms with Crippen molar-refractivity contribution >= 4 is 13.2 Å². The van der Waals surface area contributed by atoms with Crippen molar-refractivity contribution in [1.82, 2.24) is 5.32 Å². The first-order chi connectivity index (χ1) is 10.9. The van der Waals surface area contributed by atoms with Crippen molar-refractivity contribution in [2.75, 3.05) is 6.54 Å². The van der Waals surface area contributed by atoms with E-state index < -0.39 is 5.60 Å². The number of nitrogens with one attached hydrogen (secondary N) is 1. The Hall–Kier alpha value is -0.745. The van der Waals surface area contributed by atoms with Crippen LogP contribution in [0.1, 0.15) is 74.1 Å². The second-order valence-corrected chi connectivity index (χ2v) is 9.29. The van der Waals surface area contributed by atoms with Crippen LogP contribution < -0.4 is 5.32 Å². The number of hydrogen-bond donors (Lipinski definition) is 1. The molecule has 1 heterocycles. The zero-order chi connectivity index (χ0) is 18.2.